The molecule has 0 aliphatic rings. The smallest absolute Gasteiger partial charge is 0.416 e. The first-order valence-corrected chi connectivity index (χ1v) is 8.91. The zero-order valence-corrected chi connectivity index (χ0v) is 14.7. The molecule has 2 aromatic carbocycles. The third-order valence-electron chi connectivity index (χ3n) is 3.63. The number of benzene rings is 2. The van der Waals surface area contributed by atoms with Crippen molar-refractivity contribution in [2.75, 3.05) is 7.11 Å². The number of sulfonamides is 1. The fraction of sp³-hybridized carbons (Fsp3) is 0.235. The lowest BCUT2D eigenvalue weighted by Gasteiger charge is -2.16. The molecule has 140 valence electrons. The van der Waals surface area contributed by atoms with Crippen LogP contribution in [-0.4, -0.2) is 21.5 Å². The monoisotopic (exact) mass is 387 g/mol. The molecular formula is C17H16F3NO4S. The van der Waals surface area contributed by atoms with E-state index in [0.29, 0.717) is 0 Å². The van der Waals surface area contributed by atoms with Crippen LogP contribution < -0.4 is 4.72 Å². The number of methoxy groups -OCH3 is 1. The first-order chi connectivity index (χ1) is 12.0. The Balaban J connectivity index is 2.22. The van der Waals surface area contributed by atoms with E-state index in [1.165, 1.54) is 50.4 Å². The maximum Gasteiger partial charge on any atom is 0.416 e. The predicted molar refractivity (Wildman–Crippen MR) is 88.0 cm³/mol. The Bertz CT molecular complexity index is 893. The molecule has 0 spiro atoms. The molecule has 1 atom stereocenters. The SMILES string of the molecule is COC(=O)c1ccc(S(=O)(=O)NC(C)c2cccc(C(F)(F)F)c2)cc1. The summed E-state index contributed by atoms with van der Waals surface area (Å²) in [6, 6.07) is 8.55. The molecule has 1 N–H and O–H groups in total. The van der Waals surface area contributed by atoms with Crippen molar-refractivity contribution in [3.63, 3.8) is 0 Å². The number of carbonyl (C=O) groups excluding carboxylic acids is 1. The van der Waals surface area contributed by atoms with Crippen LogP contribution in [0.3, 0.4) is 0 Å². The molecular weight excluding hydrogens is 371 g/mol. The number of hydrogen-bond acceptors (Lipinski definition) is 4. The van der Waals surface area contributed by atoms with Crippen molar-refractivity contribution in [3.05, 3.63) is 65.2 Å². The standard InChI is InChI=1S/C17H16F3NO4S/c1-11(13-4-3-5-14(10-13)17(18,19)20)21-26(23,24)15-8-6-12(7-9-15)16(22)25-2/h3-11,21H,1-2H3. The van der Waals surface area contributed by atoms with Gasteiger partial charge in [-0.3, -0.25) is 0 Å². The van der Waals surface area contributed by atoms with Gasteiger partial charge in [0.1, 0.15) is 0 Å². The van der Waals surface area contributed by atoms with Crippen LogP contribution >= 0.6 is 0 Å². The van der Waals surface area contributed by atoms with E-state index in [2.05, 4.69) is 9.46 Å². The fourth-order valence-electron chi connectivity index (χ4n) is 2.24. The van der Waals surface area contributed by atoms with Gasteiger partial charge in [0.15, 0.2) is 0 Å². The van der Waals surface area contributed by atoms with Crippen LogP contribution in [0.1, 0.15) is 34.5 Å². The van der Waals surface area contributed by atoms with Crippen LogP contribution in [0.25, 0.3) is 0 Å². The molecule has 0 aromatic heterocycles. The number of hydrogen-bond donors (Lipinski definition) is 1. The Kier molecular flexibility index (Phi) is 5.72. The molecule has 9 heteroatoms. The topological polar surface area (TPSA) is 72.5 Å². The lowest BCUT2D eigenvalue weighted by atomic mass is 10.1. The molecule has 0 bridgehead atoms. The number of halogens is 3. The highest BCUT2D eigenvalue weighted by molar-refractivity contribution is 7.89. The van der Waals surface area contributed by atoms with Crippen molar-refractivity contribution >= 4 is 16.0 Å². The average molecular weight is 387 g/mol. The van der Waals surface area contributed by atoms with E-state index >= 15 is 0 Å². The zero-order valence-electron chi connectivity index (χ0n) is 13.9. The summed E-state index contributed by atoms with van der Waals surface area (Å²) < 4.78 is 70.0. The third-order valence-corrected chi connectivity index (χ3v) is 5.19. The molecule has 26 heavy (non-hydrogen) atoms. The number of nitrogens with one attached hydrogen (secondary N) is 1. The van der Waals surface area contributed by atoms with Crippen LogP contribution in [0.4, 0.5) is 13.2 Å². The molecule has 0 fully saturated rings. The number of esters is 1. The van der Waals surface area contributed by atoms with Crippen LogP contribution in [0.15, 0.2) is 53.4 Å². The van der Waals surface area contributed by atoms with Gasteiger partial charge in [-0.1, -0.05) is 12.1 Å². The molecule has 2 aromatic rings. The lowest BCUT2D eigenvalue weighted by Crippen LogP contribution is -2.27. The predicted octanol–water partition coefficient (Wildman–Crippen LogP) is 3.53. The van der Waals surface area contributed by atoms with Gasteiger partial charge in [-0.2, -0.15) is 13.2 Å². The van der Waals surface area contributed by atoms with Gasteiger partial charge in [0.05, 0.1) is 23.1 Å². The van der Waals surface area contributed by atoms with Crippen LogP contribution in [0, 0.1) is 0 Å². The Morgan fingerprint density at radius 2 is 1.73 bits per heavy atom. The summed E-state index contributed by atoms with van der Waals surface area (Å²) in [4.78, 5) is 11.2. The lowest BCUT2D eigenvalue weighted by molar-refractivity contribution is -0.137. The molecule has 0 saturated heterocycles. The van der Waals surface area contributed by atoms with Crippen molar-refractivity contribution in [1.82, 2.24) is 4.72 Å². The van der Waals surface area contributed by atoms with Gasteiger partial charge in [0.25, 0.3) is 0 Å². The van der Waals surface area contributed by atoms with Gasteiger partial charge in [0, 0.05) is 6.04 Å². The highest BCUT2D eigenvalue weighted by atomic mass is 32.2. The molecule has 0 radical (unpaired) electrons. The summed E-state index contributed by atoms with van der Waals surface area (Å²) in [6.45, 7) is 1.44. The van der Waals surface area contributed by atoms with E-state index in [9.17, 15) is 26.4 Å². The van der Waals surface area contributed by atoms with Gasteiger partial charge in [-0.25, -0.2) is 17.9 Å². The molecule has 0 aliphatic carbocycles. The molecule has 2 rings (SSSR count). The second-order valence-electron chi connectivity index (χ2n) is 5.48. The van der Waals surface area contributed by atoms with Crippen molar-refractivity contribution in [1.29, 1.82) is 0 Å². The maximum atomic E-state index is 12.8. The minimum absolute atomic E-state index is 0.121. The number of rotatable bonds is 5. The molecule has 5 nitrogen and oxygen atoms in total. The first-order valence-electron chi connectivity index (χ1n) is 7.42. The van der Waals surface area contributed by atoms with Crippen molar-refractivity contribution in [2.45, 2.75) is 24.0 Å². The normalized spacial score (nSPS) is 13.3. The van der Waals surface area contributed by atoms with Gasteiger partial charge in [0.2, 0.25) is 10.0 Å². The van der Waals surface area contributed by atoms with E-state index in [-0.39, 0.29) is 16.0 Å². The molecule has 0 amide bonds. The number of alkyl halides is 3. The third kappa shape index (κ3) is 4.61. The van der Waals surface area contributed by atoms with Crippen LogP contribution in [-0.2, 0) is 20.9 Å². The van der Waals surface area contributed by atoms with E-state index < -0.39 is 33.8 Å². The van der Waals surface area contributed by atoms with Gasteiger partial charge in [-0.15, -0.1) is 0 Å². The summed E-state index contributed by atoms with van der Waals surface area (Å²) in [5.41, 5.74) is -0.504. The summed E-state index contributed by atoms with van der Waals surface area (Å²) in [5.74, 6) is -0.612. The Labute approximate surface area is 148 Å². The van der Waals surface area contributed by atoms with E-state index in [4.69, 9.17) is 0 Å². The minimum atomic E-state index is -4.52. The van der Waals surface area contributed by atoms with Crippen molar-refractivity contribution in [3.8, 4) is 0 Å². The highest BCUT2D eigenvalue weighted by Gasteiger charge is 2.31. The summed E-state index contributed by atoms with van der Waals surface area (Å²) in [5, 5.41) is 0. The molecule has 1 unspecified atom stereocenters. The van der Waals surface area contributed by atoms with Gasteiger partial charge >= 0.3 is 12.1 Å². The van der Waals surface area contributed by atoms with E-state index in [1.807, 2.05) is 0 Å². The average Bonchev–Trinajstić information content (AvgIpc) is 2.60. The minimum Gasteiger partial charge on any atom is -0.465 e. The number of carbonyl (C=O) groups is 1. The Morgan fingerprint density at radius 3 is 2.27 bits per heavy atom. The first kappa shape index (κ1) is 19.9. The van der Waals surface area contributed by atoms with Crippen LogP contribution in [0.5, 0.6) is 0 Å². The molecule has 0 heterocycles. The summed E-state index contributed by atoms with van der Waals surface area (Å²) >= 11 is 0. The van der Waals surface area contributed by atoms with Crippen molar-refractivity contribution < 1.29 is 31.1 Å². The second kappa shape index (κ2) is 7.46. The van der Waals surface area contributed by atoms with E-state index in [0.717, 1.165) is 12.1 Å². The quantitative estimate of drug-likeness (QED) is 0.797. The van der Waals surface area contributed by atoms with Crippen molar-refractivity contribution in [2.24, 2.45) is 0 Å². The largest absolute Gasteiger partial charge is 0.465 e. The van der Waals surface area contributed by atoms with Gasteiger partial charge < -0.3 is 4.74 Å². The maximum absolute atomic E-state index is 12.8. The van der Waals surface area contributed by atoms with Gasteiger partial charge in [-0.05, 0) is 48.9 Å². The number of ether oxygens (including phenoxy) is 1. The second-order valence-corrected chi connectivity index (χ2v) is 7.20. The van der Waals surface area contributed by atoms with E-state index in [1.54, 1.807) is 0 Å². The van der Waals surface area contributed by atoms with Crippen LogP contribution in [0.2, 0.25) is 0 Å². The summed E-state index contributed by atoms with van der Waals surface area (Å²) in [6.07, 6.45) is -4.52. The zero-order chi connectivity index (χ0) is 19.5. The Morgan fingerprint density at radius 1 is 1.12 bits per heavy atom. The fourth-order valence-corrected chi connectivity index (χ4v) is 3.47. The molecule has 0 aliphatic heterocycles. The highest BCUT2D eigenvalue weighted by Crippen LogP contribution is 2.31. The Hall–Kier alpha value is -2.39. The molecule has 0 saturated carbocycles. The summed E-state index contributed by atoms with van der Waals surface area (Å²) in [7, 11) is -2.79.